The number of carbonyl (C=O) groups excluding carboxylic acids is 1. The molecular weight excluding hydrogens is 202 g/mol. The molecule has 0 spiro atoms. The maximum atomic E-state index is 11.3. The van der Waals surface area contributed by atoms with Crippen LogP contribution in [0.25, 0.3) is 6.08 Å². The summed E-state index contributed by atoms with van der Waals surface area (Å²) in [6, 6.07) is 7.42. The fourth-order valence-electron chi connectivity index (χ4n) is 1.18. The van der Waals surface area contributed by atoms with Gasteiger partial charge in [-0.2, -0.15) is 0 Å². The Bertz CT molecular complexity index is 366. The second-order valence-electron chi connectivity index (χ2n) is 3.60. The average Bonchev–Trinajstić information content (AvgIpc) is 2.20. The number of nitrogens with one attached hydrogen (secondary N) is 1. The lowest BCUT2D eigenvalue weighted by molar-refractivity contribution is 0.130. The van der Waals surface area contributed by atoms with E-state index >= 15 is 0 Å². The van der Waals surface area contributed by atoms with Crippen LogP contribution in [0.5, 0.6) is 0 Å². The Hall–Kier alpha value is -1.77. The first-order valence-corrected chi connectivity index (χ1v) is 5.15. The lowest BCUT2D eigenvalue weighted by Crippen LogP contribution is -2.17. The number of carbonyl (C=O) groups is 1. The van der Waals surface area contributed by atoms with Crippen molar-refractivity contribution in [2.45, 2.75) is 20.0 Å². The largest absolute Gasteiger partial charge is 0.447 e. The molecule has 0 saturated heterocycles. The molecule has 0 saturated carbocycles. The Morgan fingerprint density at radius 1 is 1.38 bits per heavy atom. The molecule has 0 bridgehead atoms. The fraction of sp³-hybridized carbons (Fsp3) is 0.231. The summed E-state index contributed by atoms with van der Waals surface area (Å²) < 4.78 is 4.96. The van der Waals surface area contributed by atoms with Crippen LogP contribution < -0.4 is 5.32 Å². The molecule has 85 valence electrons. The maximum Gasteiger partial charge on any atom is 0.411 e. The first kappa shape index (κ1) is 12.3. The van der Waals surface area contributed by atoms with Crippen LogP contribution >= 0.6 is 0 Å². The zero-order valence-corrected chi connectivity index (χ0v) is 9.57. The zero-order chi connectivity index (χ0) is 12.0. The summed E-state index contributed by atoms with van der Waals surface area (Å²) in [4.78, 5) is 11.3. The van der Waals surface area contributed by atoms with Gasteiger partial charge in [0.05, 0.1) is 6.10 Å². The minimum Gasteiger partial charge on any atom is -0.447 e. The molecule has 16 heavy (non-hydrogen) atoms. The van der Waals surface area contributed by atoms with E-state index in [1.807, 2.05) is 44.2 Å². The van der Waals surface area contributed by atoms with Gasteiger partial charge in [0.2, 0.25) is 0 Å². The number of rotatable bonds is 3. The van der Waals surface area contributed by atoms with E-state index in [1.165, 1.54) is 0 Å². The van der Waals surface area contributed by atoms with Crippen LogP contribution in [0.2, 0.25) is 0 Å². The molecule has 0 aliphatic carbocycles. The fourth-order valence-corrected chi connectivity index (χ4v) is 1.18. The van der Waals surface area contributed by atoms with Crippen molar-refractivity contribution in [1.29, 1.82) is 0 Å². The molecule has 0 aliphatic heterocycles. The third kappa shape index (κ3) is 4.17. The van der Waals surface area contributed by atoms with Crippen LogP contribution in [0.15, 0.2) is 30.3 Å². The van der Waals surface area contributed by atoms with Gasteiger partial charge < -0.3 is 4.74 Å². The molecule has 0 aliphatic rings. The van der Waals surface area contributed by atoms with Crippen molar-refractivity contribution in [1.82, 2.24) is 0 Å². The van der Waals surface area contributed by atoms with Gasteiger partial charge >= 0.3 is 6.09 Å². The topological polar surface area (TPSA) is 38.3 Å². The van der Waals surface area contributed by atoms with Crippen LogP contribution in [-0.2, 0) is 4.74 Å². The number of benzene rings is 1. The van der Waals surface area contributed by atoms with Crippen LogP contribution in [0.3, 0.4) is 0 Å². The lowest BCUT2D eigenvalue weighted by Gasteiger charge is -2.09. The monoisotopic (exact) mass is 218 g/mol. The highest BCUT2D eigenvalue weighted by atomic mass is 16.6. The van der Waals surface area contributed by atoms with Crippen LogP contribution in [0.1, 0.15) is 19.4 Å². The molecule has 1 N–H and O–H groups in total. The smallest absolute Gasteiger partial charge is 0.411 e. The van der Waals surface area contributed by atoms with Gasteiger partial charge in [0.15, 0.2) is 0 Å². The highest BCUT2D eigenvalue weighted by molar-refractivity contribution is 5.84. The molecule has 1 rings (SSSR count). The minimum atomic E-state index is -0.435. The number of amides is 1. The van der Waals surface area contributed by atoms with E-state index in [0.717, 1.165) is 5.56 Å². The van der Waals surface area contributed by atoms with E-state index in [9.17, 15) is 4.79 Å². The van der Waals surface area contributed by atoms with E-state index in [-0.39, 0.29) is 6.10 Å². The molecule has 1 aromatic rings. The van der Waals surface area contributed by atoms with Gasteiger partial charge in [-0.25, -0.2) is 4.79 Å². The molecule has 0 fully saturated rings. The molecule has 1 aromatic carbocycles. The molecule has 0 unspecified atom stereocenters. The van der Waals surface area contributed by atoms with Crippen LogP contribution in [-0.4, -0.2) is 12.2 Å². The number of allylic oxidation sites excluding steroid dienone is 1. The summed E-state index contributed by atoms with van der Waals surface area (Å²) >= 11 is 0. The molecule has 0 atom stereocenters. The van der Waals surface area contributed by atoms with E-state index in [2.05, 4.69) is 12.2 Å². The highest BCUT2D eigenvalue weighted by Gasteiger charge is 2.04. The Kier molecular flexibility index (Phi) is 4.58. The summed E-state index contributed by atoms with van der Waals surface area (Å²) in [6.45, 7) is 7.23. The molecular formula is C13H16NO2. The second-order valence-corrected chi connectivity index (χ2v) is 3.60. The normalized spacial score (nSPS) is 10.8. The number of ether oxygens (including phenoxy) is 1. The van der Waals surface area contributed by atoms with Crippen molar-refractivity contribution in [3.8, 4) is 0 Å². The van der Waals surface area contributed by atoms with Gasteiger partial charge in [-0.05, 0) is 38.5 Å². The molecule has 3 nitrogen and oxygen atoms in total. The van der Waals surface area contributed by atoms with Gasteiger partial charge in [0.25, 0.3) is 0 Å². The standard InChI is InChI=1S/C13H16NO2/c1-4-5-11-6-8-12(9-7-11)14-13(15)16-10(2)3/h4-10H,1H2,2-3H3,(H,14,15)/b5-4+. The van der Waals surface area contributed by atoms with Crippen molar-refractivity contribution in [2.75, 3.05) is 5.32 Å². The second kappa shape index (κ2) is 5.95. The van der Waals surface area contributed by atoms with Crippen molar-refractivity contribution in [3.63, 3.8) is 0 Å². The minimum absolute atomic E-state index is 0.117. The summed E-state index contributed by atoms with van der Waals surface area (Å²) in [5.41, 5.74) is 1.75. The number of hydrogen-bond acceptors (Lipinski definition) is 2. The number of anilines is 1. The van der Waals surface area contributed by atoms with Crippen molar-refractivity contribution in [3.05, 3.63) is 42.8 Å². The van der Waals surface area contributed by atoms with Gasteiger partial charge in [0, 0.05) is 5.69 Å². The third-order valence-electron chi connectivity index (χ3n) is 1.81. The van der Waals surface area contributed by atoms with Gasteiger partial charge in [0.1, 0.15) is 0 Å². The van der Waals surface area contributed by atoms with Crippen LogP contribution in [0, 0.1) is 6.92 Å². The Labute approximate surface area is 96.1 Å². The summed E-state index contributed by atoms with van der Waals surface area (Å²) in [6.07, 6.45) is 3.05. The highest BCUT2D eigenvalue weighted by Crippen LogP contribution is 2.11. The van der Waals surface area contributed by atoms with Crippen molar-refractivity contribution >= 4 is 17.9 Å². The Balaban J connectivity index is 2.58. The molecule has 1 amide bonds. The predicted molar refractivity (Wildman–Crippen MR) is 66.1 cm³/mol. The average molecular weight is 218 g/mol. The summed E-state index contributed by atoms with van der Waals surface area (Å²) in [5, 5.41) is 2.64. The molecule has 3 heteroatoms. The third-order valence-corrected chi connectivity index (χ3v) is 1.81. The molecule has 1 radical (unpaired) electrons. The van der Waals surface area contributed by atoms with Crippen molar-refractivity contribution < 1.29 is 9.53 Å². The first-order chi connectivity index (χ1) is 7.61. The SMILES string of the molecule is [CH2]/C=C/c1ccc(NC(=O)OC(C)C)cc1. The lowest BCUT2D eigenvalue weighted by atomic mass is 10.2. The Morgan fingerprint density at radius 2 is 2.00 bits per heavy atom. The van der Waals surface area contributed by atoms with Gasteiger partial charge in [-0.3, -0.25) is 5.32 Å². The summed E-state index contributed by atoms with van der Waals surface area (Å²) in [7, 11) is 0. The first-order valence-electron chi connectivity index (χ1n) is 5.15. The molecule has 0 heterocycles. The van der Waals surface area contributed by atoms with E-state index < -0.39 is 6.09 Å². The number of hydrogen-bond donors (Lipinski definition) is 1. The van der Waals surface area contributed by atoms with E-state index in [4.69, 9.17) is 4.74 Å². The summed E-state index contributed by atoms with van der Waals surface area (Å²) in [5.74, 6) is 0. The quantitative estimate of drug-likeness (QED) is 0.843. The van der Waals surface area contributed by atoms with E-state index in [0.29, 0.717) is 5.69 Å². The molecule has 0 aromatic heterocycles. The predicted octanol–water partition coefficient (Wildman–Crippen LogP) is 3.49. The van der Waals surface area contributed by atoms with Crippen LogP contribution in [0.4, 0.5) is 10.5 Å². The van der Waals surface area contributed by atoms with Gasteiger partial charge in [-0.1, -0.05) is 24.3 Å². The Morgan fingerprint density at radius 3 is 2.50 bits per heavy atom. The van der Waals surface area contributed by atoms with Gasteiger partial charge in [-0.15, -0.1) is 0 Å². The van der Waals surface area contributed by atoms with E-state index in [1.54, 1.807) is 6.08 Å². The van der Waals surface area contributed by atoms with Crippen molar-refractivity contribution in [2.24, 2.45) is 0 Å². The maximum absolute atomic E-state index is 11.3. The zero-order valence-electron chi connectivity index (χ0n) is 9.57.